The van der Waals surface area contributed by atoms with Gasteiger partial charge in [0.15, 0.2) is 5.82 Å². The minimum Gasteiger partial charge on any atom is -0.333 e. The molecule has 3 aromatic rings. The third-order valence-electron chi connectivity index (χ3n) is 4.50. The second kappa shape index (κ2) is 6.26. The molecule has 0 aliphatic carbocycles. The third-order valence-corrected chi connectivity index (χ3v) is 5.11. The molecule has 0 bridgehead atoms. The molecule has 0 saturated heterocycles. The standard InChI is InChI=1S/C18H18BrFN4/c1-11-9-24-10-14(5-7-16(24)22-11)21-8-13-4-2-12-3-6-15(19)17(20)18(12)23-13/h2-4,6,9,14,21H,5,7-8,10H2,1H3. The number of aromatic nitrogens is 3. The van der Waals surface area contributed by atoms with Gasteiger partial charge in [-0.15, -0.1) is 0 Å². The maximum absolute atomic E-state index is 14.2. The number of hydrogen-bond acceptors (Lipinski definition) is 3. The maximum atomic E-state index is 14.2. The first-order valence-corrected chi connectivity index (χ1v) is 8.89. The Balaban J connectivity index is 1.48. The van der Waals surface area contributed by atoms with E-state index in [1.165, 1.54) is 5.82 Å². The molecule has 1 aliphatic rings. The van der Waals surface area contributed by atoms with Gasteiger partial charge in [-0.1, -0.05) is 12.1 Å². The first kappa shape index (κ1) is 15.7. The van der Waals surface area contributed by atoms with E-state index in [0.717, 1.165) is 36.2 Å². The van der Waals surface area contributed by atoms with Crippen LogP contribution in [0.5, 0.6) is 0 Å². The SMILES string of the molecule is Cc1cn2c(n1)CCC(NCc1ccc3ccc(Br)c(F)c3n1)C2. The van der Waals surface area contributed by atoms with E-state index >= 15 is 0 Å². The van der Waals surface area contributed by atoms with E-state index in [4.69, 9.17) is 0 Å². The van der Waals surface area contributed by atoms with Gasteiger partial charge in [-0.25, -0.2) is 14.4 Å². The number of fused-ring (bicyclic) bond motifs is 2. The quantitative estimate of drug-likeness (QED) is 0.742. The van der Waals surface area contributed by atoms with Crippen molar-refractivity contribution in [2.45, 2.75) is 38.9 Å². The maximum Gasteiger partial charge on any atom is 0.163 e. The van der Waals surface area contributed by atoms with Crippen molar-refractivity contribution < 1.29 is 4.39 Å². The van der Waals surface area contributed by atoms with E-state index in [0.29, 0.717) is 22.6 Å². The van der Waals surface area contributed by atoms with Crippen LogP contribution < -0.4 is 5.32 Å². The Labute approximate surface area is 148 Å². The Hall–Kier alpha value is -1.79. The minimum absolute atomic E-state index is 0.300. The van der Waals surface area contributed by atoms with Crippen LogP contribution in [0.1, 0.15) is 23.6 Å². The lowest BCUT2D eigenvalue weighted by Crippen LogP contribution is -2.37. The smallest absolute Gasteiger partial charge is 0.163 e. The normalized spacial score (nSPS) is 17.2. The van der Waals surface area contributed by atoms with Crippen LogP contribution in [-0.4, -0.2) is 20.6 Å². The topological polar surface area (TPSA) is 42.7 Å². The number of aryl methyl sites for hydroxylation is 2. The van der Waals surface area contributed by atoms with E-state index < -0.39 is 0 Å². The Morgan fingerprint density at radius 3 is 3.00 bits per heavy atom. The predicted molar refractivity (Wildman–Crippen MR) is 95.3 cm³/mol. The molecule has 0 radical (unpaired) electrons. The largest absolute Gasteiger partial charge is 0.333 e. The Morgan fingerprint density at radius 1 is 1.29 bits per heavy atom. The van der Waals surface area contributed by atoms with Gasteiger partial charge in [0.05, 0.1) is 15.9 Å². The molecule has 1 N–H and O–H groups in total. The monoisotopic (exact) mass is 388 g/mol. The molecule has 0 spiro atoms. The van der Waals surface area contributed by atoms with Gasteiger partial charge in [0.25, 0.3) is 0 Å². The molecule has 0 saturated carbocycles. The molecule has 1 unspecified atom stereocenters. The molecule has 1 aliphatic heterocycles. The fourth-order valence-electron chi connectivity index (χ4n) is 3.27. The van der Waals surface area contributed by atoms with Gasteiger partial charge in [0, 0.05) is 37.1 Å². The second-order valence-electron chi connectivity index (χ2n) is 6.30. The van der Waals surface area contributed by atoms with Gasteiger partial charge in [0.2, 0.25) is 0 Å². The zero-order valence-corrected chi connectivity index (χ0v) is 15.0. The number of rotatable bonds is 3. The van der Waals surface area contributed by atoms with Crippen molar-refractivity contribution in [1.29, 1.82) is 0 Å². The Bertz CT molecular complexity index is 905. The molecule has 0 fully saturated rings. The lowest BCUT2D eigenvalue weighted by atomic mass is 10.1. The zero-order valence-electron chi connectivity index (χ0n) is 13.4. The van der Waals surface area contributed by atoms with E-state index in [2.05, 4.69) is 42.0 Å². The molecule has 124 valence electrons. The predicted octanol–water partition coefficient (Wildman–Crippen LogP) is 3.75. The van der Waals surface area contributed by atoms with Gasteiger partial charge < -0.3 is 9.88 Å². The summed E-state index contributed by atoms with van der Waals surface area (Å²) in [5.41, 5.74) is 2.34. The van der Waals surface area contributed by atoms with Gasteiger partial charge in [-0.2, -0.15) is 0 Å². The van der Waals surface area contributed by atoms with Crippen LogP contribution in [0, 0.1) is 12.7 Å². The lowest BCUT2D eigenvalue weighted by molar-refractivity contribution is 0.377. The molecule has 24 heavy (non-hydrogen) atoms. The molecule has 2 aromatic heterocycles. The summed E-state index contributed by atoms with van der Waals surface area (Å²) in [7, 11) is 0. The summed E-state index contributed by atoms with van der Waals surface area (Å²) in [6, 6.07) is 7.85. The van der Waals surface area contributed by atoms with Crippen molar-refractivity contribution in [2.24, 2.45) is 0 Å². The van der Waals surface area contributed by atoms with Crippen LogP contribution in [0.15, 0.2) is 34.9 Å². The van der Waals surface area contributed by atoms with Crippen LogP contribution in [0.25, 0.3) is 10.9 Å². The number of imidazole rings is 1. The molecular formula is C18H18BrFN4. The average Bonchev–Trinajstić information content (AvgIpc) is 2.96. The number of nitrogens with one attached hydrogen (secondary N) is 1. The summed E-state index contributed by atoms with van der Waals surface area (Å²) < 4.78 is 16.9. The third kappa shape index (κ3) is 2.96. The number of benzene rings is 1. The summed E-state index contributed by atoms with van der Waals surface area (Å²) in [6.07, 6.45) is 4.15. The lowest BCUT2D eigenvalue weighted by Gasteiger charge is -2.24. The fourth-order valence-corrected chi connectivity index (χ4v) is 3.59. The molecule has 4 nitrogen and oxygen atoms in total. The number of halogens is 2. The van der Waals surface area contributed by atoms with Crippen molar-refractivity contribution in [3.8, 4) is 0 Å². The Morgan fingerprint density at radius 2 is 2.12 bits per heavy atom. The van der Waals surface area contributed by atoms with Crippen LogP contribution in [-0.2, 0) is 19.5 Å². The molecule has 1 atom stereocenters. The van der Waals surface area contributed by atoms with Crippen molar-refractivity contribution in [1.82, 2.24) is 19.9 Å². The summed E-state index contributed by atoms with van der Waals surface area (Å²) in [5, 5.41) is 4.36. The number of hydrogen-bond donors (Lipinski definition) is 1. The molecule has 6 heteroatoms. The highest BCUT2D eigenvalue weighted by Crippen LogP contribution is 2.24. The van der Waals surface area contributed by atoms with Crippen LogP contribution >= 0.6 is 15.9 Å². The zero-order chi connectivity index (χ0) is 16.7. The fraction of sp³-hybridized carbons (Fsp3) is 0.333. The van der Waals surface area contributed by atoms with Gasteiger partial charge >= 0.3 is 0 Å². The molecule has 4 rings (SSSR count). The van der Waals surface area contributed by atoms with Crippen molar-refractivity contribution >= 4 is 26.8 Å². The van der Waals surface area contributed by atoms with Crippen LogP contribution in [0.2, 0.25) is 0 Å². The highest BCUT2D eigenvalue weighted by atomic mass is 79.9. The first-order chi connectivity index (χ1) is 11.6. The molecule has 3 heterocycles. The van der Waals surface area contributed by atoms with Gasteiger partial charge in [-0.3, -0.25) is 0 Å². The van der Waals surface area contributed by atoms with Crippen molar-refractivity contribution in [3.63, 3.8) is 0 Å². The van der Waals surface area contributed by atoms with E-state index in [1.807, 2.05) is 25.1 Å². The Kier molecular flexibility index (Phi) is 4.10. The minimum atomic E-state index is -0.300. The molecule has 1 aromatic carbocycles. The van der Waals surface area contributed by atoms with Gasteiger partial charge in [0.1, 0.15) is 11.3 Å². The number of pyridine rings is 1. The molecule has 0 amide bonds. The highest BCUT2D eigenvalue weighted by molar-refractivity contribution is 9.10. The van der Waals surface area contributed by atoms with Crippen molar-refractivity contribution in [3.05, 3.63) is 58.0 Å². The van der Waals surface area contributed by atoms with Crippen LogP contribution in [0.3, 0.4) is 0 Å². The van der Waals surface area contributed by atoms with E-state index in [9.17, 15) is 4.39 Å². The molecular weight excluding hydrogens is 371 g/mol. The summed E-state index contributed by atoms with van der Waals surface area (Å²) in [5.74, 6) is 0.867. The summed E-state index contributed by atoms with van der Waals surface area (Å²) >= 11 is 3.22. The summed E-state index contributed by atoms with van der Waals surface area (Å²) in [6.45, 7) is 3.58. The van der Waals surface area contributed by atoms with Gasteiger partial charge in [-0.05, 0) is 41.4 Å². The second-order valence-corrected chi connectivity index (χ2v) is 7.16. The first-order valence-electron chi connectivity index (χ1n) is 8.10. The summed E-state index contributed by atoms with van der Waals surface area (Å²) in [4.78, 5) is 9.01. The van der Waals surface area contributed by atoms with Crippen LogP contribution in [0.4, 0.5) is 4.39 Å². The van der Waals surface area contributed by atoms with Crippen molar-refractivity contribution in [2.75, 3.05) is 0 Å². The number of nitrogens with zero attached hydrogens (tertiary/aromatic N) is 3. The highest BCUT2D eigenvalue weighted by Gasteiger charge is 2.19. The van der Waals surface area contributed by atoms with E-state index in [-0.39, 0.29) is 5.82 Å². The van der Waals surface area contributed by atoms with E-state index in [1.54, 1.807) is 6.07 Å². The average molecular weight is 389 g/mol.